The Balaban J connectivity index is 2.10. The summed E-state index contributed by atoms with van der Waals surface area (Å²) in [6.07, 6.45) is 0. The Morgan fingerprint density at radius 3 is 2.33 bits per heavy atom. The molecule has 3 heterocycles. The van der Waals surface area contributed by atoms with E-state index in [4.69, 9.17) is 25.8 Å². The first-order chi connectivity index (χ1) is 16.0. The monoisotopic (exact) mass is 490 g/mol. The van der Waals surface area contributed by atoms with Gasteiger partial charge in [-0.1, -0.05) is 23.7 Å². The van der Waals surface area contributed by atoms with Crippen molar-refractivity contribution < 1.29 is 22.6 Å². The van der Waals surface area contributed by atoms with Crippen molar-refractivity contribution in [3.8, 4) is 34.6 Å². The molecule has 11 nitrogen and oxygen atoms in total. The van der Waals surface area contributed by atoms with Gasteiger partial charge >= 0.3 is 0 Å². The van der Waals surface area contributed by atoms with Gasteiger partial charge in [0.1, 0.15) is 22.9 Å². The van der Waals surface area contributed by atoms with Gasteiger partial charge in [0.15, 0.2) is 28.1 Å². The number of pyridine rings is 1. The highest BCUT2D eigenvalue weighted by atomic mass is 35.5. The summed E-state index contributed by atoms with van der Waals surface area (Å²) in [6.45, 7) is 2.29. The molecule has 1 N–H and O–H groups in total. The number of rotatable bonds is 8. The molecular formula is C20H19ClN6O5S. The zero-order chi connectivity index (χ0) is 23.5. The van der Waals surface area contributed by atoms with Gasteiger partial charge in [0.25, 0.3) is 0 Å². The second-order valence-electron chi connectivity index (χ2n) is 6.46. The summed E-state index contributed by atoms with van der Waals surface area (Å²) in [4.78, 5) is 17.7. The van der Waals surface area contributed by atoms with Crippen LogP contribution in [0, 0.1) is 0 Å². The lowest BCUT2D eigenvalue weighted by molar-refractivity contribution is 0.327. The number of hydrogen-bond donors (Lipinski definition) is 2. The van der Waals surface area contributed by atoms with Crippen molar-refractivity contribution in [2.45, 2.75) is 6.92 Å². The highest BCUT2D eigenvalue weighted by Gasteiger charge is 2.25. The number of anilines is 1. The number of hydrogen-bond acceptors (Lipinski definition) is 9. The molecule has 0 atom stereocenters. The number of thiol groups is 1. The lowest BCUT2D eigenvalue weighted by Gasteiger charge is -2.16. The van der Waals surface area contributed by atoms with Crippen molar-refractivity contribution in [3.05, 3.63) is 41.6 Å². The smallest absolute Gasteiger partial charge is 0.223 e. The summed E-state index contributed by atoms with van der Waals surface area (Å²) in [7, 11) is 0.0116. The maximum Gasteiger partial charge on any atom is 0.223 e. The maximum atomic E-state index is 11.3. The average molecular weight is 491 g/mol. The molecule has 0 aliphatic heterocycles. The third-order valence-corrected chi connectivity index (χ3v) is 5.18. The molecule has 0 aliphatic carbocycles. The first kappa shape index (κ1) is 22.6. The number of benzene rings is 1. The predicted molar refractivity (Wildman–Crippen MR) is 123 cm³/mol. The standard InChI is InChI=1S/C20H19ClN6O5S/c1-4-32-14-10-5-7-11(22-14)19-25-18-20(24-17(16(21)23-18)26-33(28)29)27(19)15-12(30-2)8-6-9-13(15)31-3/h5-10,33H,4H2,1-3H3,(H,24,26,28,29). The summed E-state index contributed by atoms with van der Waals surface area (Å²) in [6, 6.07) is 10.5. The van der Waals surface area contributed by atoms with E-state index in [0.717, 1.165) is 0 Å². The number of nitrogens with one attached hydrogen (secondary N) is 1. The number of methoxy groups -OCH3 is 2. The van der Waals surface area contributed by atoms with Gasteiger partial charge in [0.2, 0.25) is 16.8 Å². The van der Waals surface area contributed by atoms with Gasteiger partial charge in [0.05, 0.1) is 20.8 Å². The van der Waals surface area contributed by atoms with Crippen molar-refractivity contribution in [1.82, 2.24) is 24.5 Å². The fraction of sp³-hybridized carbons (Fsp3) is 0.200. The van der Waals surface area contributed by atoms with Gasteiger partial charge < -0.3 is 14.2 Å². The van der Waals surface area contributed by atoms with Gasteiger partial charge in [-0.2, -0.15) is 0 Å². The SMILES string of the molecule is CCOc1cccc(-c2nc3nc(Cl)c(N[SH](=O)=O)nc3n2-c2c(OC)cccc2OC)n1. The molecule has 1 aromatic carbocycles. The molecule has 0 spiro atoms. The molecule has 13 heteroatoms. The zero-order valence-corrected chi connectivity index (χ0v) is 19.4. The molecule has 4 rings (SSSR count). The molecule has 0 saturated heterocycles. The number of fused-ring (bicyclic) bond motifs is 1. The molecule has 3 aromatic heterocycles. The van der Waals surface area contributed by atoms with Gasteiger partial charge in [0, 0.05) is 6.07 Å². The molecule has 0 amide bonds. The molecule has 33 heavy (non-hydrogen) atoms. The van der Waals surface area contributed by atoms with Crippen LogP contribution in [0.5, 0.6) is 17.4 Å². The summed E-state index contributed by atoms with van der Waals surface area (Å²) < 4.78 is 43.0. The van der Waals surface area contributed by atoms with E-state index in [0.29, 0.717) is 41.2 Å². The minimum Gasteiger partial charge on any atom is -0.494 e. The Kier molecular flexibility index (Phi) is 6.47. The summed E-state index contributed by atoms with van der Waals surface area (Å²) >= 11 is 6.15. The van der Waals surface area contributed by atoms with Gasteiger partial charge in [-0.25, -0.2) is 28.4 Å². The third-order valence-electron chi connectivity index (χ3n) is 4.52. The van der Waals surface area contributed by atoms with E-state index >= 15 is 0 Å². The zero-order valence-electron chi connectivity index (χ0n) is 17.8. The lowest BCUT2D eigenvalue weighted by atomic mass is 10.2. The second kappa shape index (κ2) is 9.46. The molecule has 4 aromatic rings. The molecule has 0 fully saturated rings. The van der Waals surface area contributed by atoms with Crippen LogP contribution in [0.2, 0.25) is 5.15 Å². The van der Waals surface area contributed by atoms with Crippen LogP contribution >= 0.6 is 11.6 Å². The Labute approximate surface area is 195 Å². The quantitative estimate of drug-likeness (QED) is 0.358. The Morgan fingerprint density at radius 1 is 1.00 bits per heavy atom. The van der Waals surface area contributed by atoms with Gasteiger partial charge in [-0.15, -0.1) is 0 Å². The molecule has 0 aliphatic rings. The summed E-state index contributed by atoms with van der Waals surface area (Å²) in [5, 5.41) is -0.152. The largest absolute Gasteiger partial charge is 0.494 e. The van der Waals surface area contributed by atoms with Crippen LogP contribution in [0.1, 0.15) is 6.92 Å². The third kappa shape index (κ3) is 4.34. The number of aromatic nitrogens is 5. The number of imidazole rings is 1. The minimum atomic E-state index is -3.02. The minimum absolute atomic E-state index is 0.141. The van der Waals surface area contributed by atoms with Crippen LogP contribution in [0.15, 0.2) is 36.4 Å². The number of para-hydroxylation sites is 1. The molecule has 0 radical (unpaired) electrons. The van der Waals surface area contributed by atoms with E-state index in [1.165, 1.54) is 14.2 Å². The molecule has 172 valence electrons. The molecule has 0 bridgehead atoms. The second-order valence-corrected chi connectivity index (χ2v) is 7.55. The van der Waals surface area contributed by atoms with E-state index in [1.54, 1.807) is 41.0 Å². The van der Waals surface area contributed by atoms with Crippen molar-refractivity contribution in [2.75, 3.05) is 25.5 Å². The lowest BCUT2D eigenvalue weighted by Crippen LogP contribution is -2.06. The van der Waals surface area contributed by atoms with Crippen molar-refractivity contribution in [2.24, 2.45) is 0 Å². The topological polar surface area (TPSA) is 130 Å². The highest BCUT2D eigenvalue weighted by molar-refractivity contribution is 7.73. The van der Waals surface area contributed by atoms with E-state index in [1.807, 2.05) is 6.92 Å². The van der Waals surface area contributed by atoms with E-state index in [2.05, 4.69) is 24.7 Å². The maximum absolute atomic E-state index is 11.3. The van der Waals surface area contributed by atoms with Gasteiger partial charge in [-0.05, 0) is 25.1 Å². The predicted octanol–water partition coefficient (Wildman–Crippen LogP) is 2.89. The molecule has 0 unspecified atom stereocenters. The van der Waals surface area contributed by atoms with Crippen LogP contribution in [-0.2, 0) is 10.9 Å². The highest BCUT2D eigenvalue weighted by Crippen LogP contribution is 2.38. The normalized spacial score (nSPS) is 11.1. The number of ether oxygens (including phenoxy) is 3. The Morgan fingerprint density at radius 2 is 1.70 bits per heavy atom. The number of halogens is 1. The van der Waals surface area contributed by atoms with Crippen LogP contribution in [0.4, 0.5) is 5.82 Å². The summed E-state index contributed by atoms with van der Waals surface area (Å²) in [5.74, 6) is 1.52. The number of nitrogens with zero attached hydrogens (tertiary/aromatic N) is 5. The van der Waals surface area contributed by atoms with E-state index in [-0.39, 0.29) is 22.3 Å². The van der Waals surface area contributed by atoms with Crippen LogP contribution in [-0.4, -0.2) is 53.7 Å². The molecule has 0 saturated carbocycles. The average Bonchev–Trinajstić information content (AvgIpc) is 3.16. The first-order valence-electron chi connectivity index (χ1n) is 9.65. The first-order valence-corrected chi connectivity index (χ1v) is 11.2. The van der Waals surface area contributed by atoms with Crippen LogP contribution in [0.3, 0.4) is 0 Å². The van der Waals surface area contributed by atoms with Crippen LogP contribution in [0.25, 0.3) is 28.5 Å². The van der Waals surface area contributed by atoms with Crippen molar-refractivity contribution >= 4 is 39.6 Å². The fourth-order valence-electron chi connectivity index (χ4n) is 3.23. The van der Waals surface area contributed by atoms with Crippen molar-refractivity contribution in [1.29, 1.82) is 0 Å². The van der Waals surface area contributed by atoms with E-state index in [9.17, 15) is 8.42 Å². The summed E-state index contributed by atoms with van der Waals surface area (Å²) in [5.41, 5.74) is 1.30. The fourth-order valence-corrected chi connectivity index (χ4v) is 3.80. The van der Waals surface area contributed by atoms with E-state index < -0.39 is 10.9 Å². The van der Waals surface area contributed by atoms with Crippen LogP contribution < -0.4 is 18.9 Å². The Bertz CT molecular complexity index is 1380. The van der Waals surface area contributed by atoms with Gasteiger partial charge in [-0.3, -0.25) is 9.29 Å². The molecular weight excluding hydrogens is 472 g/mol. The Hall–Kier alpha value is -3.64. The van der Waals surface area contributed by atoms with Crippen molar-refractivity contribution in [3.63, 3.8) is 0 Å².